The molecule has 0 saturated carbocycles. The summed E-state index contributed by atoms with van der Waals surface area (Å²) in [5, 5.41) is 10.4. The number of hydrogen-bond donors (Lipinski definition) is 2. The second-order valence-corrected chi connectivity index (χ2v) is 5.83. The maximum absolute atomic E-state index is 12.4. The summed E-state index contributed by atoms with van der Waals surface area (Å²) < 4.78 is 0. The number of aromatic nitrogens is 2. The van der Waals surface area contributed by atoms with Crippen molar-refractivity contribution in [2.75, 3.05) is 5.32 Å². The smallest absolute Gasteiger partial charge is 0.273 e. The Morgan fingerprint density at radius 1 is 1.13 bits per heavy atom. The van der Waals surface area contributed by atoms with Crippen molar-refractivity contribution in [3.8, 4) is 11.3 Å². The van der Waals surface area contributed by atoms with E-state index >= 15 is 0 Å². The van der Waals surface area contributed by atoms with Gasteiger partial charge in [0.15, 0.2) is 0 Å². The van der Waals surface area contributed by atoms with Gasteiger partial charge in [0.25, 0.3) is 5.91 Å². The first-order valence-corrected chi connectivity index (χ1v) is 7.61. The maximum atomic E-state index is 12.4. The van der Waals surface area contributed by atoms with E-state index in [1.54, 1.807) is 12.1 Å². The molecule has 1 heterocycles. The van der Waals surface area contributed by atoms with Gasteiger partial charge in [0.05, 0.1) is 10.7 Å². The average molecular weight is 326 g/mol. The molecule has 116 valence electrons. The topological polar surface area (TPSA) is 57.8 Å². The van der Waals surface area contributed by atoms with E-state index in [1.807, 2.05) is 50.2 Å². The molecule has 4 nitrogen and oxygen atoms in total. The van der Waals surface area contributed by atoms with Crippen molar-refractivity contribution in [1.82, 2.24) is 10.2 Å². The zero-order valence-electron chi connectivity index (χ0n) is 12.9. The molecule has 3 rings (SSSR count). The van der Waals surface area contributed by atoms with Crippen LogP contribution in [0.2, 0.25) is 5.02 Å². The van der Waals surface area contributed by atoms with Crippen molar-refractivity contribution in [2.45, 2.75) is 13.8 Å². The van der Waals surface area contributed by atoms with E-state index in [9.17, 15) is 4.79 Å². The molecule has 1 amide bonds. The third-order valence-corrected chi connectivity index (χ3v) is 3.93. The summed E-state index contributed by atoms with van der Waals surface area (Å²) >= 11 is 6.16. The molecule has 1 aromatic heterocycles. The van der Waals surface area contributed by atoms with Gasteiger partial charge in [-0.25, -0.2) is 0 Å². The van der Waals surface area contributed by atoms with Crippen molar-refractivity contribution in [2.24, 2.45) is 0 Å². The molecular formula is C18H16ClN3O. The number of H-pyrrole nitrogens is 1. The fraction of sp³-hybridized carbons (Fsp3) is 0.111. The molecule has 0 radical (unpaired) electrons. The largest absolute Gasteiger partial charge is 0.320 e. The van der Waals surface area contributed by atoms with Crippen LogP contribution in [0.3, 0.4) is 0 Å². The van der Waals surface area contributed by atoms with E-state index in [0.29, 0.717) is 16.4 Å². The minimum Gasteiger partial charge on any atom is -0.320 e. The van der Waals surface area contributed by atoms with Crippen LogP contribution in [0.25, 0.3) is 11.3 Å². The SMILES string of the molecule is Cc1ccc(NC(=O)c2cc(-c3ccccc3Cl)n[nH]2)c(C)c1. The van der Waals surface area contributed by atoms with E-state index in [2.05, 4.69) is 15.5 Å². The van der Waals surface area contributed by atoms with Crippen LogP contribution in [-0.2, 0) is 0 Å². The minimum atomic E-state index is -0.234. The van der Waals surface area contributed by atoms with Crippen molar-refractivity contribution >= 4 is 23.2 Å². The molecule has 0 unspecified atom stereocenters. The number of carbonyl (C=O) groups excluding carboxylic acids is 1. The van der Waals surface area contributed by atoms with Gasteiger partial charge < -0.3 is 5.32 Å². The molecule has 0 fully saturated rings. The number of nitrogens with zero attached hydrogens (tertiary/aromatic N) is 1. The highest BCUT2D eigenvalue weighted by molar-refractivity contribution is 6.33. The molecule has 0 atom stereocenters. The van der Waals surface area contributed by atoms with Crippen molar-refractivity contribution in [1.29, 1.82) is 0 Å². The first-order chi connectivity index (χ1) is 11.0. The molecule has 2 N–H and O–H groups in total. The third-order valence-electron chi connectivity index (χ3n) is 3.60. The highest BCUT2D eigenvalue weighted by Crippen LogP contribution is 2.26. The number of halogens is 1. The van der Waals surface area contributed by atoms with Crippen molar-refractivity contribution in [3.63, 3.8) is 0 Å². The van der Waals surface area contributed by atoms with Gasteiger partial charge in [-0.1, -0.05) is 47.5 Å². The predicted molar refractivity (Wildman–Crippen MR) is 92.9 cm³/mol. The number of anilines is 1. The lowest BCUT2D eigenvalue weighted by Gasteiger charge is -2.07. The number of nitrogens with one attached hydrogen (secondary N) is 2. The first kappa shape index (κ1) is 15.3. The number of benzene rings is 2. The molecule has 0 bridgehead atoms. The van der Waals surface area contributed by atoms with Crippen LogP contribution in [-0.4, -0.2) is 16.1 Å². The van der Waals surface area contributed by atoms with Crippen molar-refractivity contribution < 1.29 is 4.79 Å². The Morgan fingerprint density at radius 2 is 1.91 bits per heavy atom. The summed E-state index contributed by atoms with van der Waals surface area (Å²) in [7, 11) is 0. The molecule has 3 aromatic rings. The standard InChI is InChI=1S/C18H16ClN3O/c1-11-7-8-15(12(2)9-11)20-18(23)17-10-16(21-22-17)13-5-3-4-6-14(13)19/h3-10H,1-2H3,(H,20,23)(H,21,22). The lowest BCUT2D eigenvalue weighted by molar-refractivity contribution is 0.102. The summed E-state index contributed by atoms with van der Waals surface area (Å²) in [6.45, 7) is 3.98. The molecular weight excluding hydrogens is 310 g/mol. The summed E-state index contributed by atoms with van der Waals surface area (Å²) in [6.07, 6.45) is 0. The lowest BCUT2D eigenvalue weighted by Crippen LogP contribution is -2.13. The molecule has 0 aliphatic heterocycles. The van der Waals surface area contributed by atoms with Gasteiger partial charge in [-0.05, 0) is 37.6 Å². The Morgan fingerprint density at radius 3 is 2.65 bits per heavy atom. The molecule has 23 heavy (non-hydrogen) atoms. The van der Waals surface area contributed by atoms with Gasteiger partial charge >= 0.3 is 0 Å². The number of aryl methyl sites for hydroxylation is 2. The van der Waals surface area contributed by atoms with Crippen molar-refractivity contribution in [3.05, 3.63) is 70.4 Å². The second-order valence-electron chi connectivity index (χ2n) is 5.42. The van der Waals surface area contributed by atoms with E-state index in [4.69, 9.17) is 11.6 Å². The number of rotatable bonds is 3. The highest BCUT2D eigenvalue weighted by atomic mass is 35.5. The normalized spacial score (nSPS) is 10.6. The molecule has 0 saturated heterocycles. The van der Waals surface area contributed by atoms with Crippen LogP contribution < -0.4 is 5.32 Å². The van der Waals surface area contributed by atoms with Gasteiger partial charge in [-0.3, -0.25) is 9.89 Å². The Bertz CT molecular complexity index is 870. The van der Waals surface area contributed by atoms with Gasteiger partial charge in [0.2, 0.25) is 0 Å². The van der Waals surface area contributed by atoms with E-state index < -0.39 is 0 Å². The lowest BCUT2D eigenvalue weighted by atomic mass is 10.1. The highest BCUT2D eigenvalue weighted by Gasteiger charge is 2.13. The Hall–Kier alpha value is -2.59. The van der Waals surface area contributed by atoms with E-state index in [0.717, 1.165) is 22.4 Å². The van der Waals surface area contributed by atoms with Crippen LogP contribution in [0.15, 0.2) is 48.5 Å². The summed E-state index contributed by atoms with van der Waals surface area (Å²) in [4.78, 5) is 12.4. The van der Waals surface area contributed by atoms with Crippen LogP contribution in [0.1, 0.15) is 21.6 Å². The number of carbonyl (C=O) groups is 1. The third kappa shape index (κ3) is 3.27. The first-order valence-electron chi connectivity index (χ1n) is 7.23. The van der Waals surface area contributed by atoms with Gasteiger partial charge in [-0.15, -0.1) is 0 Å². The summed E-state index contributed by atoms with van der Waals surface area (Å²) in [6, 6.07) is 15.0. The fourth-order valence-electron chi connectivity index (χ4n) is 2.39. The van der Waals surface area contributed by atoms with Crippen LogP contribution in [0.4, 0.5) is 5.69 Å². The van der Waals surface area contributed by atoms with Crippen LogP contribution in [0.5, 0.6) is 0 Å². The Labute approximate surface area is 139 Å². The zero-order chi connectivity index (χ0) is 16.4. The maximum Gasteiger partial charge on any atom is 0.273 e. The van der Waals surface area contributed by atoms with Gasteiger partial charge in [0, 0.05) is 11.3 Å². The van der Waals surface area contributed by atoms with Gasteiger partial charge in [-0.2, -0.15) is 5.10 Å². The average Bonchev–Trinajstić information content (AvgIpc) is 3.00. The zero-order valence-corrected chi connectivity index (χ0v) is 13.6. The second kappa shape index (κ2) is 6.26. The predicted octanol–water partition coefficient (Wildman–Crippen LogP) is 4.60. The number of aromatic amines is 1. The molecule has 5 heteroatoms. The number of hydrogen-bond acceptors (Lipinski definition) is 2. The minimum absolute atomic E-state index is 0.234. The monoisotopic (exact) mass is 325 g/mol. The summed E-state index contributed by atoms with van der Waals surface area (Å²) in [5.74, 6) is -0.234. The van der Waals surface area contributed by atoms with E-state index in [1.165, 1.54) is 0 Å². The van der Waals surface area contributed by atoms with Crippen LogP contribution in [0, 0.1) is 13.8 Å². The molecule has 0 aliphatic carbocycles. The Balaban J connectivity index is 1.83. The summed E-state index contributed by atoms with van der Waals surface area (Å²) in [5.41, 5.74) is 4.78. The Kier molecular flexibility index (Phi) is 4.17. The van der Waals surface area contributed by atoms with Gasteiger partial charge in [0.1, 0.15) is 5.69 Å². The molecule has 0 spiro atoms. The number of amides is 1. The molecule has 0 aliphatic rings. The molecule has 2 aromatic carbocycles. The quantitative estimate of drug-likeness (QED) is 0.739. The fourth-order valence-corrected chi connectivity index (χ4v) is 2.62. The van der Waals surface area contributed by atoms with E-state index in [-0.39, 0.29) is 5.91 Å². The van der Waals surface area contributed by atoms with Crippen LogP contribution >= 0.6 is 11.6 Å².